The van der Waals surface area contributed by atoms with Crippen LogP contribution in [0.5, 0.6) is 0 Å². The Hall–Kier alpha value is -3.02. The number of hydrogen-bond acceptors (Lipinski definition) is 5. The van der Waals surface area contributed by atoms with E-state index in [1.54, 1.807) is 0 Å². The normalized spacial score (nSPS) is 12.1. The molecule has 3 aromatic carbocycles. The molecule has 0 amide bonds. The molecule has 0 saturated carbocycles. The maximum atomic E-state index is 13.0. The zero-order valence-electron chi connectivity index (χ0n) is 13.7. The standard InChI is InChI=1S/C20H10Cl2N4O/c21-18-24-19(22)26-20(25-18)23-15-9-8-11-10-4-1-2-5-12(10)17(27)14-7-3-6-13(15)16(11)14/h1-9H,(H,23,24,25,26). The second kappa shape index (κ2) is 6.01. The summed E-state index contributed by atoms with van der Waals surface area (Å²) in [4.78, 5) is 24.8. The average molecular weight is 393 g/mol. The van der Waals surface area contributed by atoms with Crippen molar-refractivity contribution in [3.63, 3.8) is 0 Å². The van der Waals surface area contributed by atoms with E-state index in [1.165, 1.54) is 0 Å². The van der Waals surface area contributed by atoms with Gasteiger partial charge in [0.05, 0.1) is 0 Å². The first-order valence-electron chi connectivity index (χ1n) is 8.16. The zero-order valence-corrected chi connectivity index (χ0v) is 15.2. The number of ketones is 1. The lowest BCUT2D eigenvalue weighted by Gasteiger charge is -2.21. The molecule has 27 heavy (non-hydrogen) atoms. The van der Waals surface area contributed by atoms with Gasteiger partial charge in [-0.15, -0.1) is 0 Å². The Balaban J connectivity index is 1.74. The van der Waals surface area contributed by atoms with Gasteiger partial charge in [-0.25, -0.2) is 0 Å². The van der Waals surface area contributed by atoms with E-state index < -0.39 is 0 Å². The van der Waals surface area contributed by atoms with Gasteiger partial charge < -0.3 is 5.32 Å². The van der Waals surface area contributed by atoms with E-state index in [1.807, 2.05) is 54.6 Å². The third-order valence-electron chi connectivity index (χ3n) is 4.57. The summed E-state index contributed by atoms with van der Waals surface area (Å²) in [5.41, 5.74) is 4.10. The van der Waals surface area contributed by atoms with Gasteiger partial charge in [0.25, 0.3) is 0 Å². The van der Waals surface area contributed by atoms with E-state index in [9.17, 15) is 4.79 Å². The first-order valence-corrected chi connectivity index (χ1v) is 8.91. The van der Waals surface area contributed by atoms with Crippen LogP contribution in [-0.4, -0.2) is 20.7 Å². The largest absolute Gasteiger partial charge is 0.323 e. The van der Waals surface area contributed by atoms with Crippen LogP contribution in [-0.2, 0) is 0 Å². The smallest absolute Gasteiger partial charge is 0.232 e. The van der Waals surface area contributed by atoms with Gasteiger partial charge in [-0.2, -0.15) is 15.0 Å². The van der Waals surface area contributed by atoms with Gasteiger partial charge in [0, 0.05) is 27.6 Å². The van der Waals surface area contributed by atoms with Crippen molar-refractivity contribution in [2.75, 3.05) is 5.32 Å². The highest BCUT2D eigenvalue weighted by molar-refractivity contribution is 6.31. The number of anilines is 2. The molecule has 0 fully saturated rings. The number of benzene rings is 3. The first-order chi connectivity index (χ1) is 13.1. The predicted molar refractivity (Wildman–Crippen MR) is 106 cm³/mol. The van der Waals surface area contributed by atoms with Crippen LogP contribution in [0.25, 0.3) is 21.9 Å². The van der Waals surface area contributed by atoms with Crippen molar-refractivity contribution >= 4 is 51.4 Å². The molecule has 7 heteroatoms. The Kier molecular flexibility index (Phi) is 3.60. The average Bonchev–Trinajstić information content (AvgIpc) is 2.66. The Morgan fingerprint density at radius 3 is 2.19 bits per heavy atom. The molecule has 130 valence electrons. The Labute approximate surface area is 164 Å². The summed E-state index contributed by atoms with van der Waals surface area (Å²) in [5.74, 6) is 0.260. The van der Waals surface area contributed by atoms with E-state index >= 15 is 0 Å². The number of nitrogens with one attached hydrogen (secondary N) is 1. The van der Waals surface area contributed by atoms with Crippen LogP contribution >= 0.6 is 23.2 Å². The van der Waals surface area contributed by atoms with Gasteiger partial charge in [0.15, 0.2) is 5.78 Å². The number of halogens is 2. The van der Waals surface area contributed by atoms with Crippen molar-refractivity contribution in [3.8, 4) is 11.1 Å². The molecular formula is C20H10Cl2N4O. The van der Waals surface area contributed by atoms with E-state index in [0.717, 1.165) is 27.6 Å². The van der Waals surface area contributed by atoms with Crippen molar-refractivity contribution in [3.05, 3.63) is 76.3 Å². The quantitative estimate of drug-likeness (QED) is 0.442. The Morgan fingerprint density at radius 1 is 0.704 bits per heavy atom. The van der Waals surface area contributed by atoms with Crippen molar-refractivity contribution in [1.82, 2.24) is 15.0 Å². The fraction of sp³-hybridized carbons (Fsp3) is 0. The topological polar surface area (TPSA) is 67.8 Å². The highest BCUT2D eigenvalue weighted by Gasteiger charge is 2.25. The Bertz CT molecular complexity index is 1240. The second-order valence-corrected chi connectivity index (χ2v) is 6.76. The summed E-state index contributed by atoms with van der Waals surface area (Å²) < 4.78 is 0. The molecule has 0 radical (unpaired) electrons. The number of carbonyl (C=O) groups excluding carboxylic acids is 1. The van der Waals surface area contributed by atoms with Crippen molar-refractivity contribution in [2.45, 2.75) is 0 Å². The number of aromatic nitrogens is 3. The zero-order chi connectivity index (χ0) is 18.5. The van der Waals surface area contributed by atoms with E-state index in [-0.39, 0.29) is 22.3 Å². The molecule has 5 nitrogen and oxygen atoms in total. The minimum atomic E-state index is 0.00402. The molecule has 0 unspecified atom stereocenters. The van der Waals surface area contributed by atoms with Crippen molar-refractivity contribution in [2.24, 2.45) is 0 Å². The number of nitrogens with zero attached hydrogens (tertiary/aromatic N) is 3. The van der Waals surface area contributed by atoms with E-state index in [4.69, 9.17) is 23.2 Å². The summed E-state index contributed by atoms with van der Waals surface area (Å²) in [5, 5.41) is 4.93. The molecule has 0 saturated heterocycles. The monoisotopic (exact) mass is 392 g/mol. The highest BCUT2D eigenvalue weighted by Crippen LogP contribution is 2.42. The fourth-order valence-corrected chi connectivity index (χ4v) is 3.86. The Morgan fingerprint density at radius 2 is 1.41 bits per heavy atom. The summed E-state index contributed by atoms with van der Waals surface area (Å²) >= 11 is 11.7. The molecule has 0 spiro atoms. The molecule has 1 aliphatic rings. The molecule has 0 aliphatic heterocycles. The lowest BCUT2D eigenvalue weighted by molar-refractivity contribution is 0.104. The third-order valence-corrected chi connectivity index (χ3v) is 4.91. The van der Waals surface area contributed by atoms with Crippen LogP contribution in [0.4, 0.5) is 11.6 Å². The first kappa shape index (κ1) is 16.2. The van der Waals surface area contributed by atoms with Gasteiger partial charge in [-0.05, 0) is 40.4 Å². The molecule has 0 bridgehead atoms. The number of carbonyl (C=O) groups is 1. The summed E-state index contributed by atoms with van der Waals surface area (Å²) in [6.45, 7) is 0. The van der Waals surface area contributed by atoms with Gasteiger partial charge in [0.2, 0.25) is 16.5 Å². The molecule has 5 rings (SSSR count). The van der Waals surface area contributed by atoms with Crippen LogP contribution in [0.3, 0.4) is 0 Å². The fourth-order valence-electron chi connectivity index (χ4n) is 3.49. The summed E-state index contributed by atoms with van der Waals surface area (Å²) in [7, 11) is 0. The van der Waals surface area contributed by atoms with Gasteiger partial charge >= 0.3 is 0 Å². The van der Waals surface area contributed by atoms with Crippen LogP contribution in [0.1, 0.15) is 15.9 Å². The lowest BCUT2D eigenvalue weighted by atomic mass is 9.82. The summed E-state index contributed by atoms with van der Waals surface area (Å²) in [6.07, 6.45) is 0. The predicted octanol–water partition coefficient (Wildman–Crippen LogP) is 5.29. The van der Waals surface area contributed by atoms with Crippen LogP contribution < -0.4 is 5.32 Å². The summed E-state index contributed by atoms with van der Waals surface area (Å²) in [6, 6.07) is 17.2. The van der Waals surface area contributed by atoms with Crippen LogP contribution in [0.2, 0.25) is 10.6 Å². The lowest BCUT2D eigenvalue weighted by Crippen LogP contribution is -2.10. The van der Waals surface area contributed by atoms with Crippen LogP contribution in [0.15, 0.2) is 54.6 Å². The van der Waals surface area contributed by atoms with Gasteiger partial charge in [-0.1, -0.05) is 48.5 Å². The molecule has 0 atom stereocenters. The maximum Gasteiger partial charge on any atom is 0.232 e. The van der Waals surface area contributed by atoms with Gasteiger partial charge in [-0.3, -0.25) is 4.79 Å². The minimum Gasteiger partial charge on any atom is -0.323 e. The second-order valence-electron chi connectivity index (χ2n) is 6.09. The molecule has 1 N–H and O–H groups in total. The molecule has 1 aromatic heterocycles. The maximum absolute atomic E-state index is 13.0. The SMILES string of the molecule is O=C1c2ccccc2-c2ccc(Nc3nc(Cl)nc(Cl)n3)c3cccc1c23. The van der Waals surface area contributed by atoms with Crippen molar-refractivity contribution in [1.29, 1.82) is 0 Å². The molecule has 1 heterocycles. The van der Waals surface area contributed by atoms with E-state index in [0.29, 0.717) is 11.1 Å². The van der Waals surface area contributed by atoms with E-state index in [2.05, 4.69) is 20.3 Å². The molecule has 1 aliphatic carbocycles. The number of fused-ring (bicyclic) bond motifs is 2. The number of rotatable bonds is 2. The molecule has 4 aromatic rings. The highest BCUT2D eigenvalue weighted by atomic mass is 35.5. The number of hydrogen-bond donors (Lipinski definition) is 1. The van der Waals surface area contributed by atoms with Crippen molar-refractivity contribution < 1.29 is 4.79 Å². The molecular weight excluding hydrogens is 383 g/mol. The third kappa shape index (κ3) is 2.55. The van der Waals surface area contributed by atoms with Crippen LogP contribution in [0, 0.1) is 0 Å². The minimum absolute atomic E-state index is 0.00402. The van der Waals surface area contributed by atoms with Gasteiger partial charge in [0.1, 0.15) is 0 Å².